The largest absolute Gasteiger partial charge is 0.417 e. The summed E-state index contributed by atoms with van der Waals surface area (Å²) >= 11 is 0. The molecule has 0 radical (unpaired) electrons. The van der Waals surface area contributed by atoms with Gasteiger partial charge in [-0.25, -0.2) is 0 Å². The van der Waals surface area contributed by atoms with Crippen LogP contribution in [0.5, 0.6) is 0 Å². The van der Waals surface area contributed by atoms with Crippen molar-refractivity contribution < 1.29 is 4.43 Å². The highest BCUT2D eigenvalue weighted by atomic mass is 28.4. The van der Waals surface area contributed by atoms with Crippen molar-refractivity contribution in [2.24, 2.45) is 5.73 Å². The van der Waals surface area contributed by atoms with E-state index in [9.17, 15) is 0 Å². The number of hydrogen-bond donors (Lipinski definition) is 1. The lowest BCUT2D eigenvalue weighted by atomic mass is 10.1. The van der Waals surface area contributed by atoms with Crippen LogP contribution in [-0.2, 0) is 4.43 Å². The highest BCUT2D eigenvalue weighted by Gasteiger charge is 2.32. The first-order valence-corrected chi connectivity index (χ1v) is 12.6. The Kier molecular flexibility index (Phi) is 16.1. The molecule has 0 heterocycles. The fourth-order valence-corrected chi connectivity index (χ4v) is 7.91. The molecule has 0 bridgehead atoms. The van der Waals surface area contributed by atoms with Crippen LogP contribution in [-0.4, -0.2) is 21.5 Å². The highest BCUT2D eigenvalue weighted by Crippen LogP contribution is 2.29. The Balaban J connectivity index is 4.21. The lowest BCUT2D eigenvalue weighted by molar-refractivity contribution is 0.282. The van der Waals surface area contributed by atoms with E-state index in [-0.39, 0.29) is 0 Å². The van der Waals surface area contributed by atoms with Gasteiger partial charge in [0.1, 0.15) is 0 Å². The van der Waals surface area contributed by atoms with Gasteiger partial charge in [0.25, 0.3) is 0 Å². The van der Waals surface area contributed by atoms with Crippen molar-refractivity contribution in [3.05, 3.63) is 0 Å². The summed E-state index contributed by atoms with van der Waals surface area (Å²) in [7, 11) is -1.45. The maximum Gasteiger partial charge on any atom is 0.192 e. The molecular weight excluding hydrogens is 286 g/mol. The molecule has 0 fully saturated rings. The molecule has 3 heteroatoms. The van der Waals surface area contributed by atoms with Gasteiger partial charge in [-0.3, -0.25) is 0 Å². The summed E-state index contributed by atoms with van der Waals surface area (Å²) in [6, 6.07) is 4.20. The molecule has 0 aromatic rings. The molecule has 0 aliphatic heterocycles. The Labute approximate surface area is 141 Å². The lowest BCUT2D eigenvalue weighted by Crippen LogP contribution is -2.38. The molecule has 2 N–H and O–H groups in total. The number of rotatable bonds is 17. The molecule has 0 unspecified atom stereocenters. The van der Waals surface area contributed by atoms with E-state index in [1.807, 2.05) is 0 Å². The standard InChI is InChI=1S/C19H43NOSi/c1-4-7-17-22(18-8-5-2,19-9-6-3)21-16-14-12-10-11-13-15-20/h4-20H2,1-3H3. The van der Waals surface area contributed by atoms with E-state index in [2.05, 4.69) is 20.8 Å². The molecule has 0 aromatic heterocycles. The van der Waals surface area contributed by atoms with E-state index in [0.717, 1.165) is 13.2 Å². The summed E-state index contributed by atoms with van der Waals surface area (Å²) < 4.78 is 6.66. The Bertz CT molecular complexity index is 202. The van der Waals surface area contributed by atoms with E-state index >= 15 is 0 Å². The summed E-state index contributed by atoms with van der Waals surface area (Å²) in [5.41, 5.74) is 5.55. The third-order valence-corrected chi connectivity index (χ3v) is 9.33. The second-order valence-corrected chi connectivity index (χ2v) is 11.1. The molecule has 0 saturated carbocycles. The number of unbranched alkanes of at least 4 members (excludes halogenated alkanes) is 7. The van der Waals surface area contributed by atoms with Crippen LogP contribution in [0.4, 0.5) is 0 Å². The third-order valence-electron chi connectivity index (χ3n) is 4.71. The summed E-state index contributed by atoms with van der Waals surface area (Å²) in [4.78, 5) is 0. The molecule has 0 aliphatic rings. The maximum absolute atomic E-state index is 6.66. The van der Waals surface area contributed by atoms with Crippen molar-refractivity contribution >= 4 is 8.32 Å². The van der Waals surface area contributed by atoms with Crippen LogP contribution in [0.3, 0.4) is 0 Å². The van der Waals surface area contributed by atoms with E-state index in [1.165, 1.54) is 88.8 Å². The van der Waals surface area contributed by atoms with Gasteiger partial charge < -0.3 is 10.2 Å². The summed E-state index contributed by atoms with van der Waals surface area (Å²) in [6.45, 7) is 8.81. The smallest absolute Gasteiger partial charge is 0.192 e. The van der Waals surface area contributed by atoms with Crippen LogP contribution in [0.1, 0.15) is 91.4 Å². The predicted octanol–water partition coefficient (Wildman–Crippen LogP) is 6.26. The molecule has 0 saturated heterocycles. The van der Waals surface area contributed by atoms with Crippen LogP contribution in [0.25, 0.3) is 0 Å². The molecule has 0 atom stereocenters. The van der Waals surface area contributed by atoms with Gasteiger partial charge in [0.15, 0.2) is 8.32 Å². The van der Waals surface area contributed by atoms with Gasteiger partial charge >= 0.3 is 0 Å². The van der Waals surface area contributed by atoms with Crippen molar-refractivity contribution in [2.75, 3.05) is 13.2 Å². The first-order chi connectivity index (χ1) is 10.7. The quantitative estimate of drug-likeness (QED) is 0.252. The molecule has 134 valence electrons. The second-order valence-electron chi connectivity index (χ2n) is 6.90. The lowest BCUT2D eigenvalue weighted by Gasteiger charge is -2.32. The molecule has 2 nitrogen and oxygen atoms in total. The Morgan fingerprint density at radius 3 is 1.55 bits per heavy atom. The van der Waals surface area contributed by atoms with Gasteiger partial charge in [-0.15, -0.1) is 0 Å². The van der Waals surface area contributed by atoms with E-state index in [0.29, 0.717) is 0 Å². The average Bonchev–Trinajstić information content (AvgIpc) is 2.55. The minimum absolute atomic E-state index is 0.845. The highest BCUT2D eigenvalue weighted by molar-refractivity contribution is 6.73. The summed E-state index contributed by atoms with van der Waals surface area (Å²) in [6.07, 6.45) is 14.4. The monoisotopic (exact) mass is 329 g/mol. The fraction of sp³-hybridized carbons (Fsp3) is 1.00. The minimum Gasteiger partial charge on any atom is -0.417 e. The topological polar surface area (TPSA) is 35.2 Å². The van der Waals surface area contributed by atoms with Crippen LogP contribution >= 0.6 is 0 Å². The third kappa shape index (κ3) is 11.7. The van der Waals surface area contributed by atoms with Gasteiger partial charge in [-0.1, -0.05) is 78.6 Å². The summed E-state index contributed by atoms with van der Waals surface area (Å²) in [5, 5.41) is 0. The van der Waals surface area contributed by atoms with E-state index < -0.39 is 8.32 Å². The number of nitrogens with two attached hydrogens (primary N) is 1. The Morgan fingerprint density at radius 1 is 0.636 bits per heavy atom. The normalized spacial score (nSPS) is 12.0. The van der Waals surface area contributed by atoms with Crippen LogP contribution < -0.4 is 5.73 Å². The van der Waals surface area contributed by atoms with Crippen molar-refractivity contribution in [3.8, 4) is 0 Å². The Hall–Kier alpha value is 0.137. The van der Waals surface area contributed by atoms with E-state index in [1.54, 1.807) is 0 Å². The molecule has 0 spiro atoms. The molecule has 0 rings (SSSR count). The molecule has 0 aromatic carbocycles. The van der Waals surface area contributed by atoms with Crippen molar-refractivity contribution in [3.63, 3.8) is 0 Å². The molecule has 0 amide bonds. The molecular formula is C19H43NOSi. The van der Waals surface area contributed by atoms with Gasteiger partial charge in [-0.2, -0.15) is 0 Å². The number of hydrogen-bond acceptors (Lipinski definition) is 2. The van der Waals surface area contributed by atoms with Gasteiger partial charge in [-0.05, 0) is 37.5 Å². The Morgan fingerprint density at radius 2 is 1.09 bits per heavy atom. The predicted molar refractivity (Wildman–Crippen MR) is 103 cm³/mol. The molecule has 0 aliphatic carbocycles. The van der Waals surface area contributed by atoms with Crippen LogP contribution in [0, 0.1) is 0 Å². The van der Waals surface area contributed by atoms with Crippen molar-refractivity contribution in [1.82, 2.24) is 0 Å². The maximum atomic E-state index is 6.66. The average molecular weight is 330 g/mol. The van der Waals surface area contributed by atoms with Crippen molar-refractivity contribution in [2.45, 2.75) is 110 Å². The fourth-order valence-electron chi connectivity index (χ4n) is 3.15. The zero-order valence-electron chi connectivity index (χ0n) is 15.8. The van der Waals surface area contributed by atoms with Crippen LogP contribution in [0.2, 0.25) is 18.1 Å². The first-order valence-electron chi connectivity index (χ1n) is 10.1. The van der Waals surface area contributed by atoms with Gasteiger partial charge in [0.2, 0.25) is 0 Å². The van der Waals surface area contributed by atoms with Crippen LogP contribution in [0.15, 0.2) is 0 Å². The molecule has 22 heavy (non-hydrogen) atoms. The van der Waals surface area contributed by atoms with E-state index in [4.69, 9.17) is 10.2 Å². The van der Waals surface area contributed by atoms with Gasteiger partial charge in [0, 0.05) is 6.61 Å². The van der Waals surface area contributed by atoms with Crippen molar-refractivity contribution in [1.29, 1.82) is 0 Å². The second kappa shape index (κ2) is 16.0. The van der Waals surface area contributed by atoms with Gasteiger partial charge in [0.05, 0.1) is 0 Å². The zero-order valence-corrected chi connectivity index (χ0v) is 16.8. The summed E-state index contributed by atoms with van der Waals surface area (Å²) in [5.74, 6) is 0. The minimum atomic E-state index is -1.45. The first kappa shape index (κ1) is 22.1. The zero-order chi connectivity index (χ0) is 16.5. The SMILES string of the molecule is CCCC[Si](CCCC)(CCCC)OCCCCCCCN.